The molecule has 5 N–H and O–H groups in total. The molecule has 2 rings (SSSR count). The van der Waals surface area contributed by atoms with E-state index in [1.807, 2.05) is 0 Å². The minimum Gasteiger partial charge on any atom is -0.455 e. The molecule has 0 bridgehead atoms. The monoisotopic (exact) mass is 273 g/mol. The van der Waals surface area contributed by atoms with Gasteiger partial charge in [0.1, 0.15) is 5.76 Å². The van der Waals surface area contributed by atoms with Gasteiger partial charge < -0.3 is 21.2 Å². The van der Waals surface area contributed by atoms with Gasteiger partial charge in [0.25, 0.3) is 5.91 Å². The van der Waals surface area contributed by atoms with E-state index in [1.54, 1.807) is 37.3 Å². The van der Waals surface area contributed by atoms with Crippen molar-refractivity contribution in [1.29, 1.82) is 0 Å². The van der Waals surface area contributed by atoms with Gasteiger partial charge in [-0.3, -0.25) is 9.59 Å². The van der Waals surface area contributed by atoms with Gasteiger partial charge in [0, 0.05) is 11.3 Å². The van der Waals surface area contributed by atoms with E-state index < -0.39 is 11.8 Å². The van der Waals surface area contributed by atoms with Crippen molar-refractivity contribution in [3.8, 4) is 0 Å². The molecule has 2 aromatic rings. The molecule has 104 valence electrons. The SMILES string of the molecule is Cc1c(NC(=O)c2ccc(CN)o2)cccc1C(N)=O. The van der Waals surface area contributed by atoms with Crippen LogP contribution in [0.4, 0.5) is 5.69 Å². The Kier molecular flexibility index (Phi) is 3.86. The normalized spacial score (nSPS) is 10.3. The maximum Gasteiger partial charge on any atom is 0.291 e. The van der Waals surface area contributed by atoms with Gasteiger partial charge in [0.05, 0.1) is 6.54 Å². The average Bonchev–Trinajstić information content (AvgIpc) is 2.89. The van der Waals surface area contributed by atoms with Gasteiger partial charge in [-0.1, -0.05) is 6.07 Å². The lowest BCUT2D eigenvalue weighted by atomic mass is 10.1. The number of benzene rings is 1. The lowest BCUT2D eigenvalue weighted by Gasteiger charge is -2.09. The van der Waals surface area contributed by atoms with Crippen LogP contribution in [0.1, 0.15) is 32.2 Å². The van der Waals surface area contributed by atoms with Crippen molar-refractivity contribution in [1.82, 2.24) is 0 Å². The molecule has 1 aromatic heterocycles. The van der Waals surface area contributed by atoms with Crippen LogP contribution in [0, 0.1) is 6.92 Å². The highest BCUT2D eigenvalue weighted by molar-refractivity contribution is 6.04. The maximum absolute atomic E-state index is 12.0. The number of amides is 2. The Morgan fingerprint density at radius 2 is 2.00 bits per heavy atom. The molecule has 0 aliphatic heterocycles. The van der Waals surface area contributed by atoms with E-state index >= 15 is 0 Å². The Hall–Kier alpha value is -2.60. The van der Waals surface area contributed by atoms with Crippen molar-refractivity contribution in [2.45, 2.75) is 13.5 Å². The molecule has 0 aliphatic carbocycles. The third-order valence-electron chi connectivity index (χ3n) is 2.93. The summed E-state index contributed by atoms with van der Waals surface area (Å²) in [6.45, 7) is 1.94. The number of primary amides is 1. The summed E-state index contributed by atoms with van der Waals surface area (Å²) in [5, 5.41) is 2.68. The number of nitrogens with one attached hydrogen (secondary N) is 1. The maximum atomic E-state index is 12.0. The summed E-state index contributed by atoms with van der Waals surface area (Å²) >= 11 is 0. The van der Waals surface area contributed by atoms with E-state index in [0.717, 1.165) is 0 Å². The van der Waals surface area contributed by atoms with Gasteiger partial charge >= 0.3 is 0 Å². The highest BCUT2D eigenvalue weighted by atomic mass is 16.4. The predicted octanol–water partition coefficient (Wildman–Crippen LogP) is 1.40. The van der Waals surface area contributed by atoms with Crippen LogP contribution in [0.15, 0.2) is 34.7 Å². The van der Waals surface area contributed by atoms with E-state index in [4.69, 9.17) is 15.9 Å². The van der Waals surface area contributed by atoms with Gasteiger partial charge in [0.2, 0.25) is 5.91 Å². The van der Waals surface area contributed by atoms with Gasteiger partial charge in [0.15, 0.2) is 5.76 Å². The van der Waals surface area contributed by atoms with Gasteiger partial charge in [-0.2, -0.15) is 0 Å². The molecule has 0 atom stereocenters. The Balaban J connectivity index is 2.24. The molecular formula is C14H15N3O3. The number of furan rings is 1. The van der Waals surface area contributed by atoms with Crippen LogP contribution in [-0.4, -0.2) is 11.8 Å². The van der Waals surface area contributed by atoms with E-state index in [2.05, 4.69) is 5.32 Å². The minimum atomic E-state index is -0.540. The first-order valence-corrected chi connectivity index (χ1v) is 6.02. The predicted molar refractivity (Wildman–Crippen MR) is 74.2 cm³/mol. The number of anilines is 1. The number of carbonyl (C=O) groups excluding carboxylic acids is 2. The fraction of sp³-hybridized carbons (Fsp3) is 0.143. The highest BCUT2D eigenvalue weighted by Crippen LogP contribution is 2.20. The van der Waals surface area contributed by atoms with Crippen molar-refractivity contribution in [2.75, 3.05) is 5.32 Å². The van der Waals surface area contributed by atoms with Crippen LogP contribution in [0.3, 0.4) is 0 Å². The second-order valence-electron chi connectivity index (χ2n) is 4.27. The Morgan fingerprint density at radius 1 is 1.25 bits per heavy atom. The molecule has 0 fully saturated rings. The summed E-state index contributed by atoms with van der Waals surface area (Å²) in [4.78, 5) is 23.3. The number of hydrogen-bond donors (Lipinski definition) is 3. The van der Waals surface area contributed by atoms with E-state index in [9.17, 15) is 9.59 Å². The molecule has 0 radical (unpaired) electrons. The standard InChI is InChI=1S/C14H15N3O3/c1-8-10(13(16)18)3-2-4-11(8)17-14(19)12-6-5-9(7-15)20-12/h2-6H,7,15H2,1H3,(H2,16,18)(H,17,19). The molecule has 1 aromatic carbocycles. The lowest BCUT2D eigenvalue weighted by Crippen LogP contribution is -2.16. The fourth-order valence-corrected chi connectivity index (χ4v) is 1.83. The van der Waals surface area contributed by atoms with Crippen molar-refractivity contribution in [3.63, 3.8) is 0 Å². The first kappa shape index (κ1) is 13.8. The van der Waals surface area contributed by atoms with Crippen molar-refractivity contribution in [2.24, 2.45) is 11.5 Å². The summed E-state index contributed by atoms with van der Waals surface area (Å²) in [6.07, 6.45) is 0. The van der Waals surface area contributed by atoms with Crippen LogP contribution < -0.4 is 16.8 Å². The van der Waals surface area contributed by atoms with Crippen LogP contribution in [-0.2, 0) is 6.54 Å². The Morgan fingerprint density at radius 3 is 2.60 bits per heavy atom. The van der Waals surface area contributed by atoms with Crippen LogP contribution >= 0.6 is 0 Å². The second kappa shape index (κ2) is 5.58. The van der Waals surface area contributed by atoms with E-state index in [-0.39, 0.29) is 12.3 Å². The van der Waals surface area contributed by atoms with Crippen LogP contribution in [0.25, 0.3) is 0 Å². The zero-order valence-corrected chi connectivity index (χ0v) is 11.0. The molecule has 20 heavy (non-hydrogen) atoms. The van der Waals surface area contributed by atoms with Crippen molar-refractivity contribution in [3.05, 3.63) is 53.0 Å². The summed E-state index contributed by atoms with van der Waals surface area (Å²) < 4.78 is 5.26. The topological polar surface area (TPSA) is 111 Å². The molecule has 0 saturated heterocycles. The second-order valence-corrected chi connectivity index (χ2v) is 4.27. The van der Waals surface area contributed by atoms with Crippen molar-refractivity contribution >= 4 is 17.5 Å². The van der Waals surface area contributed by atoms with E-state index in [1.165, 1.54) is 0 Å². The quantitative estimate of drug-likeness (QED) is 0.781. The number of carbonyl (C=O) groups is 2. The van der Waals surface area contributed by atoms with Gasteiger partial charge in [-0.05, 0) is 36.8 Å². The zero-order chi connectivity index (χ0) is 14.7. The summed E-state index contributed by atoms with van der Waals surface area (Å²) in [5.41, 5.74) is 12.2. The molecule has 6 nitrogen and oxygen atoms in total. The number of rotatable bonds is 4. The summed E-state index contributed by atoms with van der Waals surface area (Å²) in [7, 11) is 0. The van der Waals surface area contributed by atoms with Crippen molar-refractivity contribution < 1.29 is 14.0 Å². The smallest absolute Gasteiger partial charge is 0.291 e. The van der Waals surface area contributed by atoms with E-state index in [0.29, 0.717) is 22.6 Å². The molecular weight excluding hydrogens is 258 g/mol. The molecule has 0 saturated carbocycles. The first-order valence-electron chi connectivity index (χ1n) is 6.02. The Bertz CT molecular complexity index is 661. The van der Waals surface area contributed by atoms with Crippen LogP contribution in [0.5, 0.6) is 0 Å². The zero-order valence-electron chi connectivity index (χ0n) is 11.0. The Labute approximate surface area is 115 Å². The molecule has 1 heterocycles. The molecule has 2 amide bonds. The average molecular weight is 273 g/mol. The summed E-state index contributed by atoms with van der Waals surface area (Å²) in [5.74, 6) is -0.261. The molecule has 0 aliphatic rings. The minimum absolute atomic E-state index is 0.161. The summed E-state index contributed by atoms with van der Waals surface area (Å²) in [6, 6.07) is 8.13. The molecule has 0 spiro atoms. The first-order chi connectivity index (χ1) is 9.52. The van der Waals surface area contributed by atoms with Gasteiger partial charge in [-0.25, -0.2) is 0 Å². The number of nitrogens with two attached hydrogens (primary N) is 2. The molecule has 6 heteroatoms. The van der Waals surface area contributed by atoms with Gasteiger partial charge in [-0.15, -0.1) is 0 Å². The highest BCUT2D eigenvalue weighted by Gasteiger charge is 2.14. The molecule has 0 unspecified atom stereocenters. The van der Waals surface area contributed by atoms with Crippen LogP contribution in [0.2, 0.25) is 0 Å². The number of hydrogen-bond acceptors (Lipinski definition) is 4. The lowest BCUT2D eigenvalue weighted by molar-refractivity contribution is 0.0986. The third-order valence-corrected chi connectivity index (χ3v) is 2.93. The third kappa shape index (κ3) is 2.70. The largest absolute Gasteiger partial charge is 0.455 e. The fourth-order valence-electron chi connectivity index (χ4n) is 1.83.